The number of benzene rings is 1. The van der Waals surface area contributed by atoms with E-state index in [1.807, 2.05) is 11.5 Å². The van der Waals surface area contributed by atoms with E-state index in [0.29, 0.717) is 30.4 Å². The maximum atomic E-state index is 11.1. The van der Waals surface area contributed by atoms with Crippen LogP contribution < -0.4 is 5.14 Å². The Morgan fingerprint density at radius 1 is 1.43 bits per heavy atom. The Balaban J connectivity index is 2.39. The molecule has 7 nitrogen and oxygen atoms in total. The van der Waals surface area contributed by atoms with Gasteiger partial charge in [0.15, 0.2) is 0 Å². The molecule has 0 amide bonds. The van der Waals surface area contributed by atoms with Crippen LogP contribution in [0.25, 0.3) is 11.0 Å². The zero-order valence-corrected chi connectivity index (χ0v) is 12.4. The number of aromatic nitrogens is 2. The van der Waals surface area contributed by atoms with E-state index in [2.05, 4.69) is 4.98 Å². The number of aromatic carboxylic acids is 1. The molecule has 0 aliphatic rings. The number of hydrogen-bond acceptors (Lipinski definition) is 4. The molecule has 0 unspecified atom stereocenters. The third-order valence-electron chi connectivity index (χ3n) is 3.20. The number of carbonyl (C=O) groups is 1. The number of nitrogens with two attached hydrogens (primary N) is 1. The number of fused-ring (bicyclic) bond motifs is 1. The van der Waals surface area contributed by atoms with Gasteiger partial charge in [0.25, 0.3) is 0 Å². The molecule has 0 spiro atoms. The number of carboxylic acids is 1. The predicted molar refractivity (Wildman–Crippen MR) is 78.7 cm³/mol. The zero-order valence-electron chi connectivity index (χ0n) is 11.6. The Morgan fingerprint density at radius 2 is 2.14 bits per heavy atom. The minimum Gasteiger partial charge on any atom is -0.478 e. The van der Waals surface area contributed by atoms with Gasteiger partial charge in [-0.3, -0.25) is 0 Å². The van der Waals surface area contributed by atoms with Crippen molar-refractivity contribution >= 4 is 27.0 Å². The van der Waals surface area contributed by atoms with Crippen LogP contribution in [0.5, 0.6) is 0 Å². The number of carboxylic acid groups (broad SMARTS) is 1. The van der Waals surface area contributed by atoms with Gasteiger partial charge in [-0.05, 0) is 24.6 Å². The van der Waals surface area contributed by atoms with Gasteiger partial charge in [-0.15, -0.1) is 0 Å². The van der Waals surface area contributed by atoms with Gasteiger partial charge in [0.1, 0.15) is 5.82 Å². The molecular weight excluding hydrogens is 294 g/mol. The highest BCUT2D eigenvalue weighted by Crippen LogP contribution is 2.19. The SMILES string of the molecule is CCc1nc2ccc(C(=O)O)cc2n1CCCS(N)(=O)=O. The van der Waals surface area contributed by atoms with Gasteiger partial charge in [0.05, 0.1) is 22.3 Å². The van der Waals surface area contributed by atoms with E-state index in [1.165, 1.54) is 6.07 Å². The van der Waals surface area contributed by atoms with Crippen molar-refractivity contribution < 1.29 is 18.3 Å². The third-order valence-corrected chi connectivity index (χ3v) is 4.06. The molecule has 0 aliphatic carbocycles. The van der Waals surface area contributed by atoms with Crippen LogP contribution in [0.15, 0.2) is 18.2 Å². The second-order valence-electron chi connectivity index (χ2n) is 4.76. The molecule has 2 aromatic rings. The van der Waals surface area contributed by atoms with Crippen molar-refractivity contribution in [1.82, 2.24) is 9.55 Å². The Bertz CT molecular complexity index is 780. The Labute approximate surface area is 122 Å². The zero-order chi connectivity index (χ0) is 15.6. The summed E-state index contributed by atoms with van der Waals surface area (Å²) in [5.74, 6) is -0.330. The van der Waals surface area contributed by atoms with Gasteiger partial charge in [-0.2, -0.15) is 0 Å². The molecule has 0 aliphatic heterocycles. The molecule has 1 aromatic carbocycles. The summed E-state index contributed by atoms with van der Waals surface area (Å²) in [4.78, 5) is 15.5. The number of aryl methyl sites for hydroxylation is 2. The number of rotatable bonds is 6. The average Bonchev–Trinajstić information content (AvgIpc) is 2.74. The topological polar surface area (TPSA) is 115 Å². The molecule has 0 radical (unpaired) electrons. The summed E-state index contributed by atoms with van der Waals surface area (Å²) < 4.78 is 23.8. The van der Waals surface area contributed by atoms with Gasteiger partial charge in [0, 0.05) is 13.0 Å². The average molecular weight is 311 g/mol. The van der Waals surface area contributed by atoms with Crippen molar-refractivity contribution in [3.63, 3.8) is 0 Å². The van der Waals surface area contributed by atoms with Gasteiger partial charge >= 0.3 is 5.97 Å². The normalized spacial score (nSPS) is 11.9. The number of nitrogens with zero attached hydrogens (tertiary/aromatic N) is 2. The summed E-state index contributed by atoms with van der Waals surface area (Å²) in [7, 11) is -3.50. The molecule has 0 atom stereocenters. The van der Waals surface area contributed by atoms with Crippen LogP contribution in [0.3, 0.4) is 0 Å². The maximum Gasteiger partial charge on any atom is 0.335 e. The standard InChI is InChI=1S/C13H17N3O4S/c1-2-12-15-10-5-4-9(13(17)18)8-11(10)16(12)6-3-7-21(14,19)20/h4-5,8H,2-3,6-7H2,1H3,(H,17,18)(H2,14,19,20). The molecule has 0 saturated carbocycles. The van der Waals surface area contributed by atoms with Crippen molar-refractivity contribution in [2.75, 3.05) is 5.75 Å². The van der Waals surface area contributed by atoms with Gasteiger partial charge in [-0.1, -0.05) is 6.92 Å². The molecule has 8 heteroatoms. The van der Waals surface area contributed by atoms with Crippen LogP contribution >= 0.6 is 0 Å². The van der Waals surface area contributed by atoms with Crippen molar-refractivity contribution in [3.05, 3.63) is 29.6 Å². The van der Waals surface area contributed by atoms with Gasteiger partial charge < -0.3 is 9.67 Å². The lowest BCUT2D eigenvalue weighted by Gasteiger charge is -2.07. The molecule has 0 fully saturated rings. The summed E-state index contributed by atoms with van der Waals surface area (Å²) in [6.07, 6.45) is 1.03. The minimum absolute atomic E-state index is 0.117. The second kappa shape index (κ2) is 5.82. The number of hydrogen-bond donors (Lipinski definition) is 2. The van der Waals surface area contributed by atoms with Crippen molar-refractivity contribution in [1.29, 1.82) is 0 Å². The van der Waals surface area contributed by atoms with E-state index < -0.39 is 16.0 Å². The lowest BCUT2D eigenvalue weighted by molar-refractivity contribution is 0.0697. The fraction of sp³-hybridized carbons (Fsp3) is 0.385. The molecule has 0 saturated heterocycles. The molecule has 1 aromatic heterocycles. The highest BCUT2D eigenvalue weighted by molar-refractivity contribution is 7.89. The van der Waals surface area contributed by atoms with Crippen molar-refractivity contribution in [3.8, 4) is 0 Å². The first-order chi connectivity index (χ1) is 9.81. The van der Waals surface area contributed by atoms with E-state index in [0.717, 1.165) is 5.82 Å². The molecule has 114 valence electrons. The fourth-order valence-electron chi connectivity index (χ4n) is 2.25. The van der Waals surface area contributed by atoms with E-state index in [4.69, 9.17) is 10.2 Å². The van der Waals surface area contributed by atoms with Crippen LogP contribution in [0.4, 0.5) is 0 Å². The van der Waals surface area contributed by atoms with Crippen LogP contribution in [0.2, 0.25) is 0 Å². The molecule has 0 bridgehead atoms. The summed E-state index contributed by atoms with van der Waals surface area (Å²) in [6.45, 7) is 2.37. The molecule has 1 heterocycles. The second-order valence-corrected chi connectivity index (χ2v) is 6.50. The molecule has 3 N–H and O–H groups in total. The summed E-state index contributed by atoms with van der Waals surface area (Å²) in [5, 5.41) is 14.0. The van der Waals surface area contributed by atoms with Gasteiger partial charge in [-0.25, -0.2) is 23.3 Å². The lowest BCUT2D eigenvalue weighted by atomic mass is 10.2. The largest absolute Gasteiger partial charge is 0.478 e. The molecule has 21 heavy (non-hydrogen) atoms. The molecular formula is C13H17N3O4S. The predicted octanol–water partition coefficient (Wildman–Crippen LogP) is 0.976. The van der Waals surface area contributed by atoms with Crippen LogP contribution in [-0.4, -0.2) is 34.8 Å². The lowest BCUT2D eigenvalue weighted by Crippen LogP contribution is -2.18. The summed E-state index contributed by atoms with van der Waals surface area (Å²) >= 11 is 0. The van der Waals surface area contributed by atoms with E-state index >= 15 is 0 Å². The van der Waals surface area contributed by atoms with Crippen molar-refractivity contribution in [2.24, 2.45) is 5.14 Å². The Morgan fingerprint density at radius 3 is 2.71 bits per heavy atom. The first-order valence-corrected chi connectivity index (χ1v) is 8.26. The summed E-state index contributed by atoms with van der Waals surface area (Å²) in [5.41, 5.74) is 1.58. The third kappa shape index (κ3) is 3.59. The first-order valence-electron chi connectivity index (χ1n) is 6.54. The number of imidazole rings is 1. The number of sulfonamides is 1. The van der Waals surface area contributed by atoms with E-state index in [-0.39, 0.29) is 11.3 Å². The minimum atomic E-state index is -3.50. The number of primary sulfonamides is 1. The maximum absolute atomic E-state index is 11.1. The highest BCUT2D eigenvalue weighted by Gasteiger charge is 2.13. The Hall–Kier alpha value is -1.93. The highest BCUT2D eigenvalue weighted by atomic mass is 32.2. The quantitative estimate of drug-likeness (QED) is 0.825. The monoisotopic (exact) mass is 311 g/mol. The Kier molecular flexibility index (Phi) is 4.29. The van der Waals surface area contributed by atoms with E-state index in [9.17, 15) is 13.2 Å². The van der Waals surface area contributed by atoms with E-state index in [1.54, 1.807) is 12.1 Å². The smallest absolute Gasteiger partial charge is 0.335 e. The fourth-order valence-corrected chi connectivity index (χ4v) is 2.78. The van der Waals surface area contributed by atoms with Crippen LogP contribution in [0, 0.1) is 0 Å². The summed E-state index contributed by atoms with van der Waals surface area (Å²) in [6, 6.07) is 4.72. The first kappa shape index (κ1) is 15.5. The van der Waals surface area contributed by atoms with Gasteiger partial charge in [0.2, 0.25) is 10.0 Å². The van der Waals surface area contributed by atoms with Crippen molar-refractivity contribution in [2.45, 2.75) is 26.3 Å². The van der Waals surface area contributed by atoms with Crippen LogP contribution in [0.1, 0.15) is 29.5 Å². The van der Waals surface area contributed by atoms with Crippen LogP contribution in [-0.2, 0) is 23.0 Å². The molecule has 2 rings (SSSR count).